The molecule has 0 rings (SSSR count). The Morgan fingerprint density at radius 2 is 2.30 bits per heavy atom. The maximum atomic E-state index is 10.1. The fourth-order valence-corrected chi connectivity index (χ4v) is 0.684. The van der Waals surface area contributed by atoms with E-state index in [4.69, 9.17) is 5.73 Å². The molecule has 0 aliphatic rings. The number of nitrogens with two attached hydrogens (primary N) is 1. The number of amides is 1. The van der Waals surface area contributed by atoms with Crippen molar-refractivity contribution in [2.45, 2.75) is 0 Å². The summed E-state index contributed by atoms with van der Waals surface area (Å²) in [5, 5.41) is 0. The molecule has 0 aliphatic carbocycles. The first kappa shape index (κ1) is 9.30. The van der Waals surface area contributed by atoms with E-state index in [0.717, 1.165) is 5.75 Å². The molecule has 2 N–H and O–H groups in total. The monoisotopic (exact) mass is 157 g/mol. The number of carbonyl (C=O) groups excluding carboxylic acids is 1. The highest BCUT2D eigenvalue weighted by molar-refractivity contribution is 7.98. The number of allylic oxidation sites excluding steroid dienone is 2. The fraction of sp³-hybridized carbons (Fsp3) is 0.286. The van der Waals surface area contributed by atoms with Crippen molar-refractivity contribution in [3.8, 4) is 0 Å². The molecule has 0 bridgehead atoms. The van der Waals surface area contributed by atoms with Crippen LogP contribution in [-0.2, 0) is 4.79 Å². The summed E-state index contributed by atoms with van der Waals surface area (Å²) in [6.07, 6.45) is 8.75. The lowest BCUT2D eigenvalue weighted by Crippen LogP contribution is -2.04. The highest BCUT2D eigenvalue weighted by atomic mass is 32.2. The van der Waals surface area contributed by atoms with Crippen LogP contribution in [0.2, 0.25) is 0 Å². The first-order valence-corrected chi connectivity index (χ1v) is 4.28. The molecule has 0 aromatic rings. The molecule has 0 aromatic heterocycles. The van der Waals surface area contributed by atoms with E-state index < -0.39 is 5.91 Å². The second-order valence-electron chi connectivity index (χ2n) is 1.64. The predicted octanol–water partition coefficient (Wildman–Crippen LogP) is 0.947. The Labute approximate surface area is 65.2 Å². The van der Waals surface area contributed by atoms with Crippen molar-refractivity contribution in [2.24, 2.45) is 5.73 Å². The second-order valence-corrected chi connectivity index (χ2v) is 2.56. The number of rotatable bonds is 4. The van der Waals surface area contributed by atoms with Crippen LogP contribution in [0, 0.1) is 0 Å². The summed E-state index contributed by atoms with van der Waals surface area (Å²) in [7, 11) is 0. The van der Waals surface area contributed by atoms with Crippen LogP contribution < -0.4 is 5.73 Å². The Morgan fingerprint density at radius 1 is 1.60 bits per heavy atom. The van der Waals surface area contributed by atoms with Gasteiger partial charge in [0.1, 0.15) is 0 Å². The SMILES string of the molecule is CSCC=CC=CC(N)=O. The van der Waals surface area contributed by atoms with Crippen LogP contribution >= 0.6 is 11.8 Å². The van der Waals surface area contributed by atoms with Gasteiger partial charge in [0, 0.05) is 11.8 Å². The van der Waals surface area contributed by atoms with Crippen molar-refractivity contribution in [3.63, 3.8) is 0 Å². The molecule has 56 valence electrons. The van der Waals surface area contributed by atoms with Gasteiger partial charge in [-0.25, -0.2) is 0 Å². The molecule has 3 heteroatoms. The Bertz CT molecular complexity index is 152. The predicted molar refractivity (Wildman–Crippen MR) is 45.9 cm³/mol. The number of carbonyl (C=O) groups is 1. The maximum absolute atomic E-state index is 10.1. The lowest BCUT2D eigenvalue weighted by atomic mass is 10.4. The molecule has 10 heavy (non-hydrogen) atoms. The number of hydrogen-bond acceptors (Lipinski definition) is 2. The highest BCUT2D eigenvalue weighted by Crippen LogP contribution is 1.90. The van der Waals surface area contributed by atoms with E-state index in [-0.39, 0.29) is 0 Å². The Hall–Kier alpha value is -0.700. The van der Waals surface area contributed by atoms with Gasteiger partial charge >= 0.3 is 0 Å². The minimum Gasteiger partial charge on any atom is -0.366 e. The molecule has 0 atom stereocenters. The zero-order valence-corrected chi connectivity index (χ0v) is 6.73. The molecular formula is C7H11NOS. The van der Waals surface area contributed by atoms with Crippen LogP contribution in [0.4, 0.5) is 0 Å². The van der Waals surface area contributed by atoms with Gasteiger partial charge in [0.15, 0.2) is 0 Å². The summed E-state index contributed by atoms with van der Waals surface area (Å²) in [5.74, 6) is 0.553. The Kier molecular flexibility index (Phi) is 5.97. The normalized spacial score (nSPS) is 11.3. The van der Waals surface area contributed by atoms with Gasteiger partial charge in [-0.1, -0.05) is 18.2 Å². The molecule has 0 aliphatic heterocycles. The third-order valence-corrected chi connectivity index (χ3v) is 1.30. The molecule has 0 heterocycles. The highest BCUT2D eigenvalue weighted by Gasteiger charge is 1.76. The van der Waals surface area contributed by atoms with Crippen molar-refractivity contribution in [1.82, 2.24) is 0 Å². The standard InChI is InChI=1S/C7H11NOS/c1-10-6-4-2-3-5-7(8)9/h2-5H,6H2,1H3,(H2,8,9). The van der Waals surface area contributed by atoms with E-state index in [1.807, 2.05) is 12.3 Å². The Morgan fingerprint density at radius 3 is 2.80 bits per heavy atom. The van der Waals surface area contributed by atoms with Crippen LogP contribution in [0.3, 0.4) is 0 Å². The van der Waals surface area contributed by atoms with E-state index in [2.05, 4.69) is 0 Å². The summed E-state index contributed by atoms with van der Waals surface area (Å²) in [6, 6.07) is 0. The molecule has 0 saturated heterocycles. The first-order chi connectivity index (χ1) is 4.77. The van der Waals surface area contributed by atoms with Crippen molar-refractivity contribution in [1.29, 1.82) is 0 Å². The topological polar surface area (TPSA) is 43.1 Å². The van der Waals surface area contributed by atoms with Crippen molar-refractivity contribution in [2.75, 3.05) is 12.0 Å². The minimum absolute atomic E-state index is 0.409. The largest absolute Gasteiger partial charge is 0.366 e. The van der Waals surface area contributed by atoms with Crippen LogP contribution in [0.15, 0.2) is 24.3 Å². The van der Waals surface area contributed by atoms with Gasteiger partial charge < -0.3 is 5.73 Å². The van der Waals surface area contributed by atoms with Gasteiger partial charge in [-0.3, -0.25) is 4.79 Å². The molecule has 0 aromatic carbocycles. The van der Waals surface area contributed by atoms with Gasteiger partial charge in [0.05, 0.1) is 0 Å². The summed E-state index contributed by atoms with van der Waals surface area (Å²) < 4.78 is 0. The smallest absolute Gasteiger partial charge is 0.241 e. The molecular weight excluding hydrogens is 146 g/mol. The summed E-state index contributed by atoms with van der Waals surface area (Å²) >= 11 is 1.72. The number of primary amides is 1. The van der Waals surface area contributed by atoms with Crippen LogP contribution in [0.5, 0.6) is 0 Å². The zero-order chi connectivity index (χ0) is 7.82. The lowest BCUT2D eigenvalue weighted by molar-refractivity contribution is -0.113. The quantitative estimate of drug-likeness (QED) is 0.487. The van der Waals surface area contributed by atoms with Gasteiger partial charge in [-0.2, -0.15) is 11.8 Å². The van der Waals surface area contributed by atoms with E-state index in [0.29, 0.717) is 0 Å². The number of thioether (sulfide) groups is 1. The molecule has 0 unspecified atom stereocenters. The first-order valence-electron chi connectivity index (χ1n) is 2.89. The second kappa shape index (κ2) is 6.42. The van der Waals surface area contributed by atoms with Crippen LogP contribution in [0.1, 0.15) is 0 Å². The maximum Gasteiger partial charge on any atom is 0.241 e. The summed E-state index contributed by atoms with van der Waals surface area (Å²) in [6.45, 7) is 0. The molecule has 2 nitrogen and oxygen atoms in total. The van der Waals surface area contributed by atoms with Crippen molar-refractivity contribution < 1.29 is 4.79 Å². The summed E-state index contributed by atoms with van der Waals surface area (Å²) in [5.41, 5.74) is 4.84. The molecule has 0 spiro atoms. The van der Waals surface area contributed by atoms with Gasteiger partial charge in [-0.15, -0.1) is 0 Å². The van der Waals surface area contributed by atoms with Crippen LogP contribution in [-0.4, -0.2) is 17.9 Å². The molecule has 0 fully saturated rings. The fourth-order valence-electron chi connectivity index (χ4n) is 0.381. The third kappa shape index (κ3) is 7.30. The average molecular weight is 157 g/mol. The van der Waals surface area contributed by atoms with E-state index in [9.17, 15) is 4.79 Å². The van der Waals surface area contributed by atoms with E-state index in [1.165, 1.54) is 6.08 Å². The van der Waals surface area contributed by atoms with Crippen molar-refractivity contribution >= 4 is 17.7 Å². The van der Waals surface area contributed by atoms with E-state index >= 15 is 0 Å². The third-order valence-electron chi connectivity index (χ3n) is 0.771. The van der Waals surface area contributed by atoms with Crippen molar-refractivity contribution in [3.05, 3.63) is 24.3 Å². The van der Waals surface area contributed by atoms with E-state index in [1.54, 1.807) is 23.9 Å². The van der Waals surface area contributed by atoms with Gasteiger partial charge in [0.25, 0.3) is 0 Å². The Balaban J connectivity index is 3.42. The molecule has 0 radical (unpaired) electrons. The lowest BCUT2D eigenvalue weighted by Gasteiger charge is -1.80. The minimum atomic E-state index is -0.409. The van der Waals surface area contributed by atoms with Crippen LogP contribution in [0.25, 0.3) is 0 Å². The molecule has 1 amide bonds. The summed E-state index contributed by atoms with van der Waals surface area (Å²) in [4.78, 5) is 10.1. The van der Waals surface area contributed by atoms with Gasteiger partial charge in [0.2, 0.25) is 5.91 Å². The zero-order valence-electron chi connectivity index (χ0n) is 5.91. The number of hydrogen-bond donors (Lipinski definition) is 1. The van der Waals surface area contributed by atoms with Gasteiger partial charge in [-0.05, 0) is 6.26 Å². The average Bonchev–Trinajstić information content (AvgIpc) is 1.87. The molecule has 0 saturated carbocycles.